The van der Waals surface area contributed by atoms with Gasteiger partial charge in [-0.3, -0.25) is 19.9 Å². The summed E-state index contributed by atoms with van der Waals surface area (Å²) in [6.45, 7) is 1.77. The van der Waals surface area contributed by atoms with Crippen molar-refractivity contribution < 1.29 is 17.6 Å². The number of carbonyl (C=O) groups excluding carboxylic acids is 1. The average molecular weight is 585 g/mol. The van der Waals surface area contributed by atoms with E-state index in [2.05, 4.69) is 40.4 Å². The summed E-state index contributed by atoms with van der Waals surface area (Å²) in [6.07, 6.45) is 8.20. The summed E-state index contributed by atoms with van der Waals surface area (Å²) in [6, 6.07) is 9.92. The Morgan fingerprint density at radius 1 is 1.05 bits per heavy atom. The Morgan fingerprint density at radius 2 is 1.90 bits per heavy atom. The molecular weight excluding hydrogens is 559 g/mol. The second-order valence-electron chi connectivity index (χ2n) is 9.92. The fraction of sp³-hybridized carbons (Fsp3) is 0.172. The predicted octanol–water partition coefficient (Wildman–Crippen LogP) is 4.70. The number of pyridine rings is 3. The van der Waals surface area contributed by atoms with Crippen LogP contribution in [-0.4, -0.2) is 61.5 Å². The third kappa shape index (κ3) is 5.59. The van der Waals surface area contributed by atoms with Gasteiger partial charge < -0.3 is 10.3 Å². The number of benzene rings is 1. The van der Waals surface area contributed by atoms with E-state index < -0.39 is 15.7 Å². The quantitative estimate of drug-likeness (QED) is 0.232. The molecule has 5 heterocycles. The molecule has 0 aliphatic rings. The monoisotopic (exact) mass is 584 g/mol. The minimum Gasteiger partial charge on any atom is -0.335 e. The summed E-state index contributed by atoms with van der Waals surface area (Å²) < 4.78 is 37.9. The zero-order valence-electron chi connectivity index (χ0n) is 22.6. The number of fused-ring (bicyclic) bond motifs is 2. The summed E-state index contributed by atoms with van der Waals surface area (Å²) in [5.74, 6) is -0.209. The van der Waals surface area contributed by atoms with Crippen molar-refractivity contribution in [2.75, 3.05) is 17.3 Å². The van der Waals surface area contributed by atoms with E-state index in [4.69, 9.17) is 0 Å². The molecular formula is C29H25FN8O3S. The summed E-state index contributed by atoms with van der Waals surface area (Å²) in [4.78, 5) is 32.9. The van der Waals surface area contributed by atoms with Crippen LogP contribution in [0.15, 0.2) is 61.2 Å². The minimum atomic E-state index is -3.20. The molecule has 3 N–H and O–H groups in total. The van der Waals surface area contributed by atoms with Crippen molar-refractivity contribution in [3.05, 3.63) is 72.6 Å². The number of halogens is 1. The molecule has 0 fully saturated rings. The van der Waals surface area contributed by atoms with Gasteiger partial charge >= 0.3 is 0 Å². The molecule has 13 heteroatoms. The second kappa shape index (κ2) is 10.7. The first-order valence-corrected chi connectivity index (χ1v) is 15.1. The van der Waals surface area contributed by atoms with Gasteiger partial charge in [-0.2, -0.15) is 5.10 Å². The SMILES string of the molecule is CCC(=O)Nc1cncc(-c2cc3c(-c4nc5nccc(-c6cc(F)cc(CCS(C)(=O)=O)c6)c5[nH]4)n[nH]c3cn2)c1. The van der Waals surface area contributed by atoms with Crippen molar-refractivity contribution in [1.82, 2.24) is 35.1 Å². The summed E-state index contributed by atoms with van der Waals surface area (Å²) in [7, 11) is -3.20. The van der Waals surface area contributed by atoms with Gasteiger partial charge in [-0.1, -0.05) is 13.0 Å². The molecule has 0 bridgehead atoms. The smallest absolute Gasteiger partial charge is 0.224 e. The van der Waals surface area contributed by atoms with Crippen LogP contribution in [0, 0.1) is 5.82 Å². The van der Waals surface area contributed by atoms with Crippen molar-refractivity contribution in [2.24, 2.45) is 0 Å². The van der Waals surface area contributed by atoms with Crippen LogP contribution in [0.2, 0.25) is 0 Å². The maximum absolute atomic E-state index is 14.6. The van der Waals surface area contributed by atoms with Gasteiger partial charge in [-0.15, -0.1) is 0 Å². The van der Waals surface area contributed by atoms with Gasteiger partial charge in [0.05, 0.1) is 40.6 Å². The van der Waals surface area contributed by atoms with Crippen molar-refractivity contribution in [2.45, 2.75) is 19.8 Å². The second-order valence-corrected chi connectivity index (χ2v) is 12.2. The lowest BCUT2D eigenvalue weighted by Gasteiger charge is -2.07. The molecule has 0 aliphatic carbocycles. The molecule has 6 aromatic rings. The Kier molecular flexibility index (Phi) is 6.94. The van der Waals surface area contributed by atoms with Crippen LogP contribution in [0.5, 0.6) is 0 Å². The van der Waals surface area contributed by atoms with Crippen molar-refractivity contribution in [3.8, 4) is 33.9 Å². The number of nitrogens with one attached hydrogen (secondary N) is 3. The molecule has 1 aromatic carbocycles. The van der Waals surface area contributed by atoms with Gasteiger partial charge in [0, 0.05) is 41.6 Å². The van der Waals surface area contributed by atoms with Crippen LogP contribution in [-0.2, 0) is 21.1 Å². The summed E-state index contributed by atoms with van der Waals surface area (Å²) in [5.41, 5.74) is 5.94. The number of aromatic nitrogens is 7. The van der Waals surface area contributed by atoms with E-state index in [-0.39, 0.29) is 18.1 Å². The van der Waals surface area contributed by atoms with Gasteiger partial charge in [0.1, 0.15) is 21.3 Å². The van der Waals surface area contributed by atoms with Gasteiger partial charge in [0.2, 0.25) is 5.91 Å². The fourth-order valence-corrected chi connectivity index (χ4v) is 5.28. The molecule has 0 spiro atoms. The Labute approximate surface area is 239 Å². The predicted molar refractivity (Wildman–Crippen MR) is 158 cm³/mol. The highest BCUT2D eigenvalue weighted by Gasteiger charge is 2.18. The van der Waals surface area contributed by atoms with Gasteiger partial charge in [0.15, 0.2) is 11.5 Å². The van der Waals surface area contributed by atoms with E-state index in [1.807, 2.05) is 6.07 Å². The molecule has 0 aliphatic heterocycles. The Morgan fingerprint density at radius 3 is 2.71 bits per heavy atom. The third-order valence-corrected chi connectivity index (χ3v) is 7.68. The van der Waals surface area contributed by atoms with Gasteiger partial charge in [-0.25, -0.2) is 22.8 Å². The van der Waals surface area contributed by atoms with E-state index in [1.165, 1.54) is 12.1 Å². The first kappa shape index (κ1) is 27.1. The van der Waals surface area contributed by atoms with Crippen molar-refractivity contribution in [1.29, 1.82) is 0 Å². The van der Waals surface area contributed by atoms with E-state index in [0.717, 1.165) is 11.6 Å². The highest BCUT2D eigenvalue weighted by molar-refractivity contribution is 7.90. The number of hydrogen-bond acceptors (Lipinski definition) is 8. The number of aryl methyl sites for hydroxylation is 1. The standard InChI is InChI=1S/C29H25FN8O3S/c1-3-25(39)34-20-11-18(13-31-14-20)23-12-22-24(15-33-23)37-38-27(22)29-35-26-21(4-6-32-28(26)36-29)17-8-16(9-19(30)10-17)5-7-42(2,40)41/h4,6,8-15H,3,5,7H2,1-2H3,(H,34,39)(H,37,38)(H,32,35,36). The molecule has 212 valence electrons. The van der Waals surface area contributed by atoms with Crippen LogP contribution in [0.3, 0.4) is 0 Å². The van der Waals surface area contributed by atoms with Crippen molar-refractivity contribution >= 4 is 43.5 Å². The topological polar surface area (TPSA) is 159 Å². The number of imidazole rings is 1. The van der Waals surface area contributed by atoms with Gasteiger partial charge in [0.25, 0.3) is 0 Å². The lowest BCUT2D eigenvalue weighted by atomic mass is 10.0. The van der Waals surface area contributed by atoms with E-state index >= 15 is 0 Å². The number of aromatic amines is 2. The Bertz CT molecular complexity index is 2090. The Balaban J connectivity index is 1.39. The molecule has 1 amide bonds. The highest BCUT2D eigenvalue weighted by atomic mass is 32.2. The van der Waals surface area contributed by atoms with Crippen LogP contribution in [0.4, 0.5) is 10.1 Å². The number of anilines is 1. The highest BCUT2D eigenvalue weighted by Crippen LogP contribution is 2.33. The van der Waals surface area contributed by atoms with E-state index in [0.29, 0.717) is 68.3 Å². The zero-order chi connectivity index (χ0) is 29.4. The molecule has 11 nitrogen and oxygen atoms in total. The number of hydrogen-bond donors (Lipinski definition) is 3. The fourth-order valence-electron chi connectivity index (χ4n) is 4.67. The lowest BCUT2D eigenvalue weighted by Crippen LogP contribution is -2.09. The van der Waals surface area contributed by atoms with Crippen LogP contribution in [0.1, 0.15) is 18.9 Å². The first-order chi connectivity index (χ1) is 20.2. The molecule has 42 heavy (non-hydrogen) atoms. The summed E-state index contributed by atoms with van der Waals surface area (Å²) in [5, 5.41) is 11.0. The zero-order valence-corrected chi connectivity index (χ0v) is 23.5. The number of sulfone groups is 1. The van der Waals surface area contributed by atoms with E-state index in [1.54, 1.807) is 49.9 Å². The lowest BCUT2D eigenvalue weighted by molar-refractivity contribution is -0.115. The number of rotatable bonds is 8. The maximum atomic E-state index is 14.6. The molecule has 5 aromatic heterocycles. The maximum Gasteiger partial charge on any atom is 0.224 e. The largest absolute Gasteiger partial charge is 0.335 e. The van der Waals surface area contributed by atoms with Crippen LogP contribution < -0.4 is 5.32 Å². The number of amides is 1. The molecule has 6 rings (SSSR count). The van der Waals surface area contributed by atoms with Gasteiger partial charge in [-0.05, 0) is 47.9 Å². The van der Waals surface area contributed by atoms with Crippen LogP contribution in [0.25, 0.3) is 56.0 Å². The van der Waals surface area contributed by atoms with Crippen LogP contribution >= 0.6 is 0 Å². The first-order valence-electron chi connectivity index (χ1n) is 13.1. The number of carbonyl (C=O) groups is 1. The number of nitrogens with zero attached hydrogens (tertiary/aromatic N) is 5. The molecule has 0 saturated carbocycles. The Hall–Kier alpha value is -5.04. The average Bonchev–Trinajstić information content (AvgIpc) is 3.59. The molecule has 0 atom stereocenters. The third-order valence-electron chi connectivity index (χ3n) is 6.73. The normalized spacial score (nSPS) is 11.8. The molecule has 0 saturated heterocycles. The summed E-state index contributed by atoms with van der Waals surface area (Å²) >= 11 is 0. The molecule has 0 unspecified atom stereocenters. The van der Waals surface area contributed by atoms with E-state index in [9.17, 15) is 17.6 Å². The number of H-pyrrole nitrogens is 2. The minimum absolute atomic E-state index is 0.0767. The molecule has 0 radical (unpaired) electrons. The van der Waals surface area contributed by atoms with Crippen molar-refractivity contribution in [3.63, 3.8) is 0 Å².